The molecule has 4 aliphatic heterocycles. The minimum atomic E-state index is -1.23. The van der Waals surface area contributed by atoms with E-state index >= 15 is 0 Å². The van der Waals surface area contributed by atoms with Gasteiger partial charge in [0.2, 0.25) is 0 Å². The summed E-state index contributed by atoms with van der Waals surface area (Å²) >= 11 is 0. The van der Waals surface area contributed by atoms with Crippen molar-refractivity contribution in [1.29, 1.82) is 0 Å². The molecule has 19 atom stereocenters. The van der Waals surface area contributed by atoms with E-state index in [1.165, 1.54) is 20.6 Å². The van der Waals surface area contributed by atoms with Gasteiger partial charge in [-0.15, -0.1) is 0 Å². The van der Waals surface area contributed by atoms with Crippen molar-refractivity contribution in [1.82, 2.24) is 14.8 Å². The number of likely N-dealkylation sites (tertiary alicyclic amines) is 1. The van der Waals surface area contributed by atoms with Gasteiger partial charge in [0.1, 0.15) is 42.9 Å². The van der Waals surface area contributed by atoms with Crippen LogP contribution in [0.5, 0.6) is 5.75 Å². The van der Waals surface area contributed by atoms with E-state index in [4.69, 9.17) is 47.9 Å². The molecule has 4 unspecified atom stereocenters. The molecule has 18 nitrogen and oxygen atoms in total. The zero-order valence-electron chi connectivity index (χ0n) is 48.0. The van der Waals surface area contributed by atoms with E-state index < -0.39 is 97.5 Å². The SMILES string of the molecule is CC[C@H]1OC(=O)C[C@@H](O)C(C)[C@@H](O[C@H]2O[C@@H](C)[C@H](O)[C@@H](N(C)C)[C@@H]2O)[C@@H](CCN2CC(C)CC(C)C2)C[C@@H](C)C(=N\OCCCCOc2ccc3ncccc3c2)/C=C/C(C)=C/C1CO[C@H]1O[C@@H](C)[C@H](O)[C@H](OC)[C@@H]1OC. The first kappa shape index (κ1) is 62.6. The molecule has 0 radical (unpaired) electrons. The van der Waals surface area contributed by atoms with Gasteiger partial charge in [0.15, 0.2) is 12.6 Å². The molecular formula is C59H94N4O14. The lowest BCUT2D eigenvalue weighted by atomic mass is 9.79. The molecule has 18 heteroatoms. The second-order valence-electron chi connectivity index (χ2n) is 22.8. The van der Waals surface area contributed by atoms with Gasteiger partial charge in [-0.1, -0.05) is 63.6 Å². The van der Waals surface area contributed by atoms with Gasteiger partial charge in [0.05, 0.1) is 67.4 Å². The van der Waals surface area contributed by atoms with Gasteiger partial charge in [-0.2, -0.15) is 0 Å². The summed E-state index contributed by atoms with van der Waals surface area (Å²) in [5.74, 6) is -0.334. The number of methoxy groups -OCH3 is 2. The average Bonchev–Trinajstić information content (AvgIpc) is 3.39. The van der Waals surface area contributed by atoms with Crippen LogP contribution in [0.25, 0.3) is 10.9 Å². The Kier molecular flexibility index (Phi) is 24.6. The number of rotatable bonds is 19. The molecular weight excluding hydrogens is 989 g/mol. The van der Waals surface area contributed by atoms with Crippen LogP contribution >= 0.6 is 0 Å². The van der Waals surface area contributed by atoms with Gasteiger partial charge in [0.25, 0.3) is 0 Å². The molecule has 4 N–H and O–H groups in total. The van der Waals surface area contributed by atoms with Crippen LogP contribution in [0.15, 0.2) is 65.5 Å². The topological polar surface area (TPSA) is 213 Å². The Bertz CT molecular complexity index is 2190. The standard InChI is InChI=1S/C59H94N4O14/c1-13-49-44(34-72-59-57(70-12)56(69-11)53(67)41(8)75-59)28-35(2)18-20-46(61-73-26-15-14-25-71-45-19-21-47-42(30-45)17-16-23-60-47)38(5)29-43(22-24-63-32-36(3)27-37(4)33-63)55(39(6)48(64)31-50(65)76-49)77-58-54(68)51(62(9)10)52(66)40(7)74-58/h16-21,23,28,30,36-41,43-44,48-49,51-59,64,66-68H,13-15,22,24-27,29,31-34H2,1-12H3/b20-18+,35-28+,61-46-/t36?,37?,38-,39?,40+,41+,43+,44?,48-,49-,51-,52+,53+,54+,55-,56+,57+,58-,59+/m1/s1. The van der Waals surface area contributed by atoms with E-state index in [1.807, 2.05) is 69.3 Å². The number of oxime groups is 1. The number of unbranched alkanes of at least 4 members (excludes halogenated alkanes) is 1. The number of esters is 1. The fourth-order valence-electron chi connectivity index (χ4n) is 11.9. The molecule has 1 aromatic heterocycles. The number of carbonyl (C=O) groups excluding carboxylic acids is 1. The number of hydrogen-bond acceptors (Lipinski definition) is 18. The Morgan fingerprint density at radius 3 is 2.25 bits per heavy atom. The Balaban J connectivity index is 1.33. The van der Waals surface area contributed by atoms with Gasteiger partial charge < -0.3 is 73.0 Å². The van der Waals surface area contributed by atoms with Crippen LogP contribution in [-0.4, -0.2) is 194 Å². The lowest BCUT2D eigenvalue weighted by molar-refractivity contribution is -0.304. The van der Waals surface area contributed by atoms with E-state index in [-0.39, 0.29) is 24.9 Å². The molecule has 2 aromatic rings. The van der Waals surface area contributed by atoms with Gasteiger partial charge >= 0.3 is 5.97 Å². The van der Waals surface area contributed by atoms with Crippen LogP contribution in [0.3, 0.4) is 0 Å². The van der Waals surface area contributed by atoms with Crippen LogP contribution < -0.4 is 4.74 Å². The Morgan fingerprint density at radius 2 is 1.55 bits per heavy atom. The number of carbonyl (C=O) groups is 1. The number of pyridine rings is 1. The third-order valence-corrected chi connectivity index (χ3v) is 16.1. The number of ether oxygens (including phenoxy) is 8. The zero-order valence-corrected chi connectivity index (χ0v) is 48.0. The third-order valence-electron chi connectivity index (χ3n) is 16.1. The number of allylic oxidation sites excluding steroid dienone is 3. The second kappa shape index (κ2) is 30.3. The van der Waals surface area contributed by atoms with Crippen molar-refractivity contribution in [3.8, 4) is 5.75 Å². The van der Waals surface area contributed by atoms with Gasteiger partial charge in [-0.05, 0) is 128 Å². The maximum absolute atomic E-state index is 14.2. The highest BCUT2D eigenvalue weighted by atomic mass is 16.7. The van der Waals surface area contributed by atoms with E-state index in [1.54, 1.807) is 39.0 Å². The number of likely N-dealkylation sites (N-methyl/N-ethyl adjacent to an activating group) is 1. The first-order chi connectivity index (χ1) is 36.8. The molecule has 434 valence electrons. The first-order valence-electron chi connectivity index (χ1n) is 28.3. The predicted octanol–water partition coefficient (Wildman–Crippen LogP) is 6.55. The number of nitrogens with zero attached hydrogens (tertiary/aromatic N) is 4. The van der Waals surface area contributed by atoms with Crippen molar-refractivity contribution in [2.75, 3.05) is 67.8 Å². The molecule has 5 heterocycles. The highest BCUT2D eigenvalue weighted by Gasteiger charge is 2.48. The monoisotopic (exact) mass is 1080 g/mol. The Labute approximate surface area is 458 Å². The Morgan fingerprint density at radius 1 is 0.844 bits per heavy atom. The molecule has 77 heavy (non-hydrogen) atoms. The fourth-order valence-corrected chi connectivity index (χ4v) is 11.9. The number of piperidine rings is 1. The van der Waals surface area contributed by atoms with Gasteiger partial charge in [-0.25, -0.2) is 0 Å². The first-order valence-corrected chi connectivity index (χ1v) is 28.3. The smallest absolute Gasteiger partial charge is 0.308 e. The summed E-state index contributed by atoms with van der Waals surface area (Å²) in [6, 6.07) is 9.12. The van der Waals surface area contributed by atoms with Crippen LogP contribution in [0.4, 0.5) is 0 Å². The van der Waals surface area contributed by atoms with Crippen molar-refractivity contribution < 1.29 is 68.0 Å². The maximum atomic E-state index is 14.2. The summed E-state index contributed by atoms with van der Waals surface area (Å²) in [5, 5.41) is 52.1. The summed E-state index contributed by atoms with van der Waals surface area (Å²) in [5.41, 5.74) is 2.46. The van der Waals surface area contributed by atoms with E-state index in [0.717, 1.165) is 48.3 Å². The molecule has 1 aromatic carbocycles. The van der Waals surface area contributed by atoms with Gasteiger partial charge in [0, 0.05) is 56.6 Å². The summed E-state index contributed by atoms with van der Waals surface area (Å²) in [4.78, 5) is 29.0. The molecule has 3 saturated heterocycles. The lowest BCUT2D eigenvalue weighted by Crippen LogP contribution is -2.63. The van der Waals surface area contributed by atoms with Crippen molar-refractivity contribution in [3.63, 3.8) is 0 Å². The molecule has 0 spiro atoms. The predicted molar refractivity (Wildman–Crippen MR) is 294 cm³/mol. The molecule has 4 aliphatic rings. The van der Waals surface area contributed by atoms with Crippen LogP contribution in [0, 0.1) is 35.5 Å². The average molecular weight is 1080 g/mol. The summed E-state index contributed by atoms with van der Waals surface area (Å²) in [6.07, 6.45) is 1.08. The number of aromatic nitrogens is 1. The molecule has 0 saturated carbocycles. The number of cyclic esters (lactones) is 1. The summed E-state index contributed by atoms with van der Waals surface area (Å²) in [7, 11) is 6.62. The van der Waals surface area contributed by atoms with Crippen molar-refractivity contribution in [2.45, 2.75) is 180 Å². The highest BCUT2D eigenvalue weighted by molar-refractivity contribution is 5.96. The molecule has 0 bridgehead atoms. The van der Waals surface area contributed by atoms with E-state index in [2.05, 4.69) is 30.7 Å². The largest absolute Gasteiger partial charge is 0.494 e. The minimum absolute atomic E-state index is 0.0545. The number of fused-ring (bicyclic) bond motifs is 1. The number of hydrogen-bond donors (Lipinski definition) is 4. The number of aliphatic hydroxyl groups excluding tert-OH is 4. The van der Waals surface area contributed by atoms with Crippen molar-refractivity contribution in [3.05, 3.63) is 60.3 Å². The van der Waals surface area contributed by atoms with Crippen LogP contribution in [0.1, 0.15) is 100 Å². The Hall–Kier alpha value is -3.63. The van der Waals surface area contributed by atoms with E-state index in [0.29, 0.717) is 56.4 Å². The maximum Gasteiger partial charge on any atom is 0.308 e. The number of benzene rings is 1. The second-order valence-corrected chi connectivity index (χ2v) is 22.8. The van der Waals surface area contributed by atoms with Crippen molar-refractivity contribution in [2.24, 2.45) is 40.7 Å². The molecule has 0 amide bonds. The van der Waals surface area contributed by atoms with Crippen molar-refractivity contribution >= 4 is 22.6 Å². The molecule has 0 aliphatic carbocycles. The van der Waals surface area contributed by atoms with Crippen LogP contribution in [-0.2, 0) is 42.8 Å². The zero-order chi connectivity index (χ0) is 55.9. The van der Waals surface area contributed by atoms with E-state index in [9.17, 15) is 25.2 Å². The fraction of sp³-hybridized carbons (Fsp3) is 0.746. The van der Waals surface area contributed by atoms with Gasteiger partial charge in [-0.3, -0.25) is 9.78 Å². The number of aliphatic hydroxyl groups is 4. The quantitative estimate of drug-likeness (QED) is 0.0667. The summed E-state index contributed by atoms with van der Waals surface area (Å²) in [6.45, 7) is 19.6. The third kappa shape index (κ3) is 17.4. The lowest BCUT2D eigenvalue weighted by Gasteiger charge is -2.47. The highest BCUT2D eigenvalue weighted by Crippen LogP contribution is 2.36. The molecule has 3 fully saturated rings. The summed E-state index contributed by atoms with van der Waals surface area (Å²) < 4.78 is 49.7. The van der Waals surface area contributed by atoms with Crippen LogP contribution in [0.2, 0.25) is 0 Å². The minimum Gasteiger partial charge on any atom is -0.494 e. The molecule has 6 rings (SSSR count). The normalized spacial score (nSPS) is 38.0.